The van der Waals surface area contributed by atoms with Crippen LogP contribution in [-0.2, 0) is 11.3 Å². The van der Waals surface area contributed by atoms with Crippen molar-refractivity contribution < 1.29 is 9.90 Å². The number of aromatic nitrogens is 3. The Bertz CT molecular complexity index is 371. The zero-order chi connectivity index (χ0) is 12.8. The first kappa shape index (κ1) is 13.0. The van der Waals surface area contributed by atoms with Crippen LogP contribution in [0.3, 0.4) is 0 Å². The molecule has 18 heavy (non-hydrogen) atoms. The molecule has 6 heteroatoms. The van der Waals surface area contributed by atoms with Crippen LogP contribution in [0.2, 0.25) is 0 Å². The van der Waals surface area contributed by atoms with Crippen molar-refractivity contribution in [1.82, 2.24) is 20.1 Å². The Labute approximate surface area is 106 Å². The van der Waals surface area contributed by atoms with E-state index in [1.165, 1.54) is 6.33 Å². The Morgan fingerprint density at radius 2 is 2.22 bits per heavy atom. The van der Waals surface area contributed by atoms with Crippen molar-refractivity contribution in [2.75, 3.05) is 6.54 Å². The highest BCUT2D eigenvalue weighted by molar-refractivity contribution is 5.75. The fourth-order valence-electron chi connectivity index (χ4n) is 2.31. The Kier molecular flexibility index (Phi) is 4.30. The average Bonchev–Trinajstić information content (AvgIpc) is 2.99. The molecule has 6 nitrogen and oxygen atoms in total. The van der Waals surface area contributed by atoms with Crippen LogP contribution in [0.1, 0.15) is 38.5 Å². The second-order valence-electron chi connectivity index (χ2n) is 4.97. The van der Waals surface area contributed by atoms with Gasteiger partial charge in [0.2, 0.25) is 5.91 Å². The summed E-state index contributed by atoms with van der Waals surface area (Å²) in [7, 11) is 0. The van der Waals surface area contributed by atoms with Crippen molar-refractivity contribution in [3.05, 3.63) is 12.7 Å². The average molecular weight is 252 g/mol. The summed E-state index contributed by atoms with van der Waals surface area (Å²) in [6.07, 6.45) is 8.01. The molecule has 1 aliphatic carbocycles. The van der Waals surface area contributed by atoms with Gasteiger partial charge in [-0.05, 0) is 19.3 Å². The van der Waals surface area contributed by atoms with Gasteiger partial charge in [0.1, 0.15) is 12.7 Å². The Morgan fingerprint density at radius 3 is 2.89 bits per heavy atom. The molecule has 1 aromatic rings. The van der Waals surface area contributed by atoms with Gasteiger partial charge in [-0.3, -0.25) is 9.48 Å². The molecule has 1 aliphatic rings. The number of aliphatic hydroxyl groups is 1. The van der Waals surface area contributed by atoms with Crippen molar-refractivity contribution in [3.8, 4) is 0 Å². The maximum atomic E-state index is 11.6. The number of carbonyl (C=O) groups is 1. The van der Waals surface area contributed by atoms with E-state index in [2.05, 4.69) is 15.4 Å². The molecule has 1 amide bonds. The topological polar surface area (TPSA) is 80.0 Å². The molecule has 0 saturated heterocycles. The smallest absolute Gasteiger partial charge is 0.220 e. The molecule has 0 bridgehead atoms. The fourth-order valence-corrected chi connectivity index (χ4v) is 2.31. The molecular formula is C12H20N4O2. The van der Waals surface area contributed by atoms with Crippen molar-refractivity contribution in [1.29, 1.82) is 0 Å². The molecule has 0 unspecified atom stereocenters. The first-order valence-electron chi connectivity index (χ1n) is 6.49. The van der Waals surface area contributed by atoms with E-state index >= 15 is 0 Å². The molecule has 1 aromatic heterocycles. The van der Waals surface area contributed by atoms with Crippen LogP contribution in [-0.4, -0.2) is 37.9 Å². The number of rotatable bonds is 6. The second-order valence-corrected chi connectivity index (χ2v) is 4.97. The van der Waals surface area contributed by atoms with E-state index in [9.17, 15) is 9.90 Å². The van der Waals surface area contributed by atoms with Gasteiger partial charge >= 0.3 is 0 Å². The minimum absolute atomic E-state index is 0.00422. The van der Waals surface area contributed by atoms with E-state index in [0.29, 0.717) is 19.5 Å². The summed E-state index contributed by atoms with van der Waals surface area (Å²) in [6.45, 7) is 1.08. The van der Waals surface area contributed by atoms with Crippen molar-refractivity contribution in [2.24, 2.45) is 0 Å². The van der Waals surface area contributed by atoms with E-state index in [4.69, 9.17) is 0 Å². The number of nitrogens with zero attached hydrogens (tertiary/aromatic N) is 3. The molecule has 2 N–H and O–H groups in total. The molecule has 1 fully saturated rings. The highest BCUT2D eigenvalue weighted by atomic mass is 16.3. The first-order valence-corrected chi connectivity index (χ1v) is 6.49. The Morgan fingerprint density at radius 1 is 1.44 bits per heavy atom. The largest absolute Gasteiger partial charge is 0.388 e. The molecule has 0 radical (unpaired) electrons. The summed E-state index contributed by atoms with van der Waals surface area (Å²) >= 11 is 0. The van der Waals surface area contributed by atoms with Crippen molar-refractivity contribution >= 4 is 5.91 Å². The maximum absolute atomic E-state index is 11.6. The molecular weight excluding hydrogens is 232 g/mol. The van der Waals surface area contributed by atoms with E-state index in [1.54, 1.807) is 11.0 Å². The number of aryl methyl sites for hydroxylation is 1. The lowest BCUT2D eigenvalue weighted by Crippen LogP contribution is -2.40. The van der Waals surface area contributed by atoms with Gasteiger partial charge in [0.25, 0.3) is 0 Å². The highest BCUT2D eigenvalue weighted by Crippen LogP contribution is 2.28. The number of nitrogens with one attached hydrogen (secondary N) is 1. The van der Waals surface area contributed by atoms with Gasteiger partial charge in [0, 0.05) is 19.5 Å². The first-order chi connectivity index (χ1) is 8.68. The van der Waals surface area contributed by atoms with Gasteiger partial charge < -0.3 is 10.4 Å². The quantitative estimate of drug-likeness (QED) is 0.771. The number of hydrogen-bond donors (Lipinski definition) is 2. The minimum Gasteiger partial charge on any atom is -0.388 e. The van der Waals surface area contributed by atoms with E-state index in [0.717, 1.165) is 32.1 Å². The van der Waals surface area contributed by atoms with Crippen molar-refractivity contribution in [2.45, 2.75) is 50.7 Å². The summed E-state index contributed by atoms with van der Waals surface area (Å²) in [5.74, 6) is -0.00422. The van der Waals surface area contributed by atoms with Crippen molar-refractivity contribution in [3.63, 3.8) is 0 Å². The van der Waals surface area contributed by atoms with E-state index in [-0.39, 0.29) is 5.91 Å². The molecule has 1 saturated carbocycles. The summed E-state index contributed by atoms with van der Waals surface area (Å²) in [4.78, 5) is 15.4. The Hall–Kier alpha value is -1.43. The molecule has 100 valence electrons. The Balaban J connectivity index is 1.60. The van der Waals surface area contributed by atoms with Crippen LogP contribution >= 0.6 is 0 Å². The predicted molar refractivity (Wildman–Crippen MR) is 65.7 cm³/mol. The summed E-state index contributed by atoms with van der Waals surface area (Å²) in [5, 5.41) is 16.9. The third-order valence-corrected chi connectivity index (χ3v) is 3.41. The maximum Gasteiger partial charge on any atom is 0.220 e. The summed E-state index contributed by atoms with van der Waals surface area (Å²) in [6, 6.07) is 0. The molecule has 1 heterocycles. The number of amides is 1. The van der Waals surface area contributed by atoms with Crippen LogP contribution in [0.15, 0.2) is 12.7 Å². The van der Waals surface area contributed by atoms with Crippen LogP contribution in [0.4, 0.5) is 0 Å². The van der Waals surface area contributed by atoms with Gasteiger partial charge in [-0.2, -0.15) is 5.10 Å². The second kappa shape index (κ2) is 5.95. The van der Waals surface area contributed by atoms with Crippen LogP contribution in [0.25, 0.3) is 0 Å². The molecule has 2 rings (SSSR count). The van der Waals surface area contributed by atoms with Gasteiger partial charge in [0.05, 0.1) is 5.60 Å². The zero-order valence-corrected chi connectivity index (χ0v) is 10.5. The summed E-state index contributed by atoms with van der Waals surface area (Å²) < 4.78 is 1.71. The van der Waals surface area contributed by atoms with E-state index < -0.39 is 5.60 Å². The lowest BCUT2D eigenvalue weighted by molar-refractivity contribution is -0.122. The van der Waals surface area contributed by atoms with Gasteiger partial charge in [-0.15, -0.1) is 0 Å². The van der Waals surface area contributed by atoms with E-state index in [1.807, 2.05) is 0 Å². The summed E-state index contributed by atoms with van der Waals surface area (Å²) in [5.41, 5.74) is -0.665. The van der Waals surface area contributed by atoms with Gasteiger partial charge in [0.15, 0.2) is 0 Å². The van der Waals surface area contributed by atoms with Crippen LogP contribution in [0, 0.1) is 0 Å². The lowest BCUT2D eigenvalue weighted by atomic mass is 10.0. The third-order valence-electron chi connectivity index (χ3n) is 3.41. The fraction of sp³-hybridized carbons (Fsp3) is 0.750. The molecule has 0 spiro atoms. The molecule has 0 aliphatic heterocycles. The molecule has 0 aromatic carbocycles. The van der Waals surface area contributed by atoms with Crippen LogP contribution < -0.4 is 5.32 Å². The number of hydrogen-bond acceptors (Lipinski definition) is 4. The lowest BCUT2D eigenvalue weighted by Gasteiger charge is -2.22. The predicted octanol–water partition coefficient (Wildman–Crippen LogP) is 0.480. The van der Waals surface area contributed by atoms with Crippen LogP contribution in [0.5, 0.6) is 0 Å². The standard InChI is InChI=1S/C12H20N4O2/c17-11(4-3-7-16-10-13-9-15-16)14-8-12(18)5-1-2-6-12/h9-10,18H,1-8H2,(H,14,17). The normalized spacial score (nSPS) is 17.8. The van der Waals surface area contributed by atoms with Gasteiger partial charge in [-0.25, -0.2) is 4.98 Å². The number of carbonyl (C=O) groups excluding carboxylic acids is 1. The minimum atomic E-state index is -0.665. The zero-order valence-electron chi connectivity index (χ0n) is 10.5. The monoisotopic (exact) mass is 252 g/mol. The third kappa shape index (κ3) is 3.80. The molecule has 0 atom stereocenters. The SMILES string of the molecule is O=C(CCCn1cncn1)NCC1(O)CCCC1. The van der Waals surface area contributed by atoms with Gasteiger partial charge in [-0.1, -0.05) is 12.8 Å². The highest BCUT2D eigenvalue weighted by Gasteiger charge is 2.31.